The number of rotatable bonds is 4. The average Bonchev–Trinajstić information content (AvgIpc) is 2.98. The number of aromatic nitrogens is 1. The first-order chi connectivity index (χ1) is 13.3. The van der Waals surface area contributed by atoms with E-state index in [-0.39, 0.29) is 10.8 Å². The Labute approximate surface area is 164 Å². The Balaban J connectivity index is 1.43. The van der Waals surface area contributed by atoms with Crippen molar-refractivity contribution < 1.29 is 17.6 Å². The second kappa shape index (κ2) is 7.31. The number of carbonyl (C=O) groups is 1. The lowest BCUT2D eigenvalue weighted by Crippen LogP contribution is -2.48. The quantitative estimate of drug-likeness (QED) is 0.833. The lowest BCUT2D eigenvalue weighted by Gasteiger charge is -2.33. The van der Waals surface area contributed by atoms with Crippen LogP contribution in [0.1, 0.15) is 29.3 Å². The van der Waals surface area contributed by atoms with Crippen LogP contribution in [0.15, 0.2) is 27.5 Å². The number of piperazine rings is 1. The van der Waals surface area contributed by atoms with Crippen molar-refractivity contribution in [3.05, 3.63) is 41.1 Å². The van der Waals surface area contributed by atoms with E-state index >= 15 is 0 Å². The third-order valence-corrected chi connectivity index (χ3v) is 7.27. The van der Waals surface area contributed by atoms with E-state index in [1.807, 2.05) is 13.8 Å². The van der Waals surface area contributed by atoms with Crippen molar-refractivity contribution in [3.8, 4) is 0 Å². The molecule has 2 aliphatic rings. The summed E-state index contributed by atoms with van der Waals surface area (Å²) >= 11 is 0. The molecule has 1 aromatic heterocycles. The van der Waals surface area contributed by atoms with Crippen molar-refractivity contribution in [2.45, 2.75) is 38.1 Å². The van der Waals surface area contributed by atoms with E-state index in [9.17, 15) is 13.2 Å². The number of oxazole rings is 1. The number of hydrogen-bond donors (Lipinski definition) is 1. The molecule has 1 fully saturated rings. The second-order valence-corrected chi connectivity index (χ2v) is 9.23. The summed E-state index contributed by atoms with van der Waals surface area (Å²) < 4.78 is 33.2. The number of sulfonamides is 1. The van der Waals surface area contributed by atoms with Gasteiger partial charge in [0.1, 0.15) is 5.76 Å². The monoisotopic (exact) mass is 404 g/mol. The standard InChI is InChI=1S/C19H24N4O4S/c1-13-14(2)27-19(20-13)12-22-7-9-23(10-8-22)28(25,26)16-4-5-17-15(11-16)3-6-18(24)21-17/h4-5,11H,3,6-10,12H2,1-2H3,(H,21,24). The van der Waals surface area contributed by atoms with Crippen LogP contribution in [-0.2, 0) is 27.8 Å². The molecule has 150 valence electrons. The van der Waals surface area contributed by atoms with Gasteiger partial charge in [0, 0.05) is 38.3 Å². The molecule has 0 spiro atoms. The van der Waals surface area contributed by atoms with Crippen LogP contribution in [-0.4, -0.2) is 54.7 Å². The molecule has 9 heteroatoms. The molecule has 2 aromatic rings. The zero-order chi connectivity index (χ0) is 19.9. The third kappa shape index (κ3) is 3.69. The largest absolute Gasteiger partial charge is 0.444 e. The van der Waals surface area contributed by atoms with Crippen LogP contribution in [0.3, 0.4) is 0 Å². The zero-order valence-electron chi connectivity index (χ0n) is 16.1. The number of amides is 1. The van der Waals surface area contributed by atoms with E-state index in [0.717, 1.165) is 17.0 Å². The Morgan fingerprint density at radius 2 is 1.89 bits per heavy atom. The maximum Gasteiger partial charge on any atom is 0.243 e. The highest BCUT2D eigenvalue weighted by molar-refractivity contribution is 7.89. The fraction of sp³-hybridized carbons (Fsp3) is 0.474. The molecule has 0 aliphatic carbocycles. The maximum atomic E-state index is 13.0. The van der Waals surface area contributed by atoms with E-state index in [1.165, 1.54) is 4.31 Å². The minimum absolute atomic E-state index is 0.0318. The van der Waals surface area contributed by atoms with E-state index in [1.54, 1.807) is 18.2 Å². The molecule has 4 rings (SSSR count). The molecule has 0 atom stereocenters. The summed E-state index contributed by atoms with van der Waals surface area (Å²) in [5.74, 6) is 1.46. The van der Waals surface area contributed by atoms with Crippen LogP contribution in [0.25, 0.3) is 0 Å². The highest BCUT2D eigenvalue weighted by atomic mass is 32.2. The number of benzene rings is 1. The van der Waals surface area contributed by atoms with Crippen LogP contribution >= 0.6 is 0 Å². The summed E-state index contributed by atoms with van der Waals surface area (Å²) in [5.41, 5.74) is 2.46. The highest BCUT2D eigenvalue weighted by Gasteiger charge is 2.30. The molecule has 0 unspecified atom stereocenters. The number of aryl methyl sites for hydroxylation is 3. The third-order valence-electron chi connectivity index (χ3n) is 5.37. The molecule has 0 bridgehead atoms. The number of hydrogen-bond acceptors (Lipinski definition) is 6. The predicted octanol–water partition coefficient (Wildman–Crippen LogP) is 1.68. The topological polar surface area (TPSA) is 95.8 Å². The van der Waals surface area contributed by atoms with E-state index < -0.39 is 10.0 Å². The maximum absolute atomic E-state index is 13.0. The van der Waals surface area contributed by atoms with Gasteiger partial charge in [0.25, 0.3) is 0 Å². The minimum atomic E-state index is -3.55. The fourth-order valence-corrected chi connectivity index (χ4v) is 5.07. The van der Waals surface area contributed by atoms with Gasteiger partial charge in [0.2, 0.25) is 21.8 Å². The van der Waals surface area contributed by atoms with Gasteiger partial charge in [-0.2, -0.15) is 4.31 Å². The molecule has 1 N–H and O–H groups in total. The molecule has 3 heterocycles. The SMILES string of the molecule is Cc1nc(CN2CCN(S(=O)(=O)c3ccc4c(c3)CCC(=O)N4)CC2)oc1C. The van der Waals surface area contributed by atoms with Gasteiger partial charge >= 0.3 is 0 Å². The van der Waals surface area contributed by atoms with Crippen molar-refractivity contribution in [1.82, 2.24) is 14.2 Å². The molecule has 1 saturated heterocycles. The molecular formula is C19H24N4O4S. The Morgan fingerprint density at radius 3 is 2.57 bits per heavy atom. The number of nitrogens with one attached hydrogen (secondary N) is 1. The normalized spacial score (nSPS) is 18.7. The van der Waals surface area contributed by atoms with Gasteiger partial charge in [-0.25, -0.2) is 13.4 Å². The summed E-state index contributed by atoms with van der Waals surface area (Å²) in [5, 5.41) is 2.78. The van der Waals surface area contributed by atoms with Crippen LogP contribution in [0.5, 0.6) is 0 Å². The van der Waals surface area contributed by atoms with E-state index in [0.29, 0.717) is 57.1 Å². The van der Waals surface area contributed by atoms with Crippen LogP contribution in [0, 0.1) is 13.8 Å². The molecule has 28 heavy (non-hydrogen) atoms. The second-order valence-electron chi connectivity index (χ2n) is 7.30. The van der Waals surface area contributed by atoms with Gasteiger partial charge in [0.15, 0.2) is 0 Å². The first-order valence-electron chi connectivity index (χ1n) is 9.41. The molecule has 1 amide bonds. The fourth-order valence-electron chi connectivity index (χ4n) is 3.60. The van der Waals surface area contributed by atoms with Gasteiger partial charge in [-0.3, -0.25) is 9.69 Å². The Morgan fingerprint density at radius 1 is 1.14 bits per heavy atom. The summed E-state index contributed by atoms with van der Waals surface area (Å²) in [6.45, 7) is 6.49. The van der Waals surface area contributed by atoms with Crippen LogP contribution in [0.2, 0.25) is 0 Å². The summed E-state index contributed by atoms with van der Waals surface area (Å²) in [6.07, 6.45) is 0.947. The van der Waals surface area contributed by atoms with Crippen molar-refractivity contribution >= 4 is 21.6 Å². The number of fused-ring (bicyclic) bond motifs is 1. The highest BCUT2D eigenvalue weighted by Crippen LogP contribution is 2.27. The van der Waals surface area contributed by atoms with Crippen LogP contribution < -0.4 is 5.32 Å². The number of anilines is 1. The predicted molar refractivity (Wildman–Crippen MR) is 103 cm³/mol. The first-order valence-corrected chi connectivity index (χ1v) is 10.8. The van der Waals surface area contributed by atoms with Gasteiger partial charge in [-0.15, -0.1) is 0 Å². The minimum Gasteiger partial charge on any atom is -0.444 e. The molecule has 0 radical (unpaired) electrons. The summed E-state index contributed by atoms with van der Waals surface area (Å²) in [7, 11) is -3.55. The van der Waals surface area contributed by atoms with Crippen molar-refractivity contribution in [3.63, 3.8) is 0 Å². The lowest BCUT2D eigenvalue weighted by molar-refractivity contribution is -0.116. The molecule has 2 aliphatic heterocycles. The van der Waals surface area contributed by atoms with Crippen molar-refractivity contribution in [2.24, 2.45) is 0 Å². The molecule has 8 nitrogen and oxygen atoms in total. The Kier molecular flexibility index (Phi) is 4.98. The number of nitrogens with zero attached hydrogens (tertiary/aromatic N) is 3. The van der Waals surface area contributed by atoms with Gasteiger partial charge in [0.05, 0.1) is 17.1 Å². The van der Waals surface area contributed by atoms with Crippen molar-refractivity contribution in [2.75, 3.05) is 31.5 Å². The first kappa shape index (κ1) is 19.1. The lowest BCUT2D eigenvalue weighted by atomic mass is 10.0. The zero-order valence-corrected chi connectivity index (χ0v) is 16.9. The van der Waals surface area contributed by atoms with Gasteiger partial charge in [-0.1, -0.05) is 0 Å². The van der Waals surface area contributed by atoms with Gasteiger partial charge < -0.3 is 9.73 Å². The van der Waals surface area contributed by atoms with Crippen LogP contribution in [0.4, 0.5) is 5.69 Å². The average molecular weight is 404 g/mol. The molecule has 1 aromatic carbocycles. The van der Waals surface area contributed by atoms with Crippen molar-refractivity contribution in [1.29, 1.82) is 0 Å². The smallest absolute Gasteiger partial charge is 0.243 e. The van der Waals surface area contributed by atoms with E-state index in [2.05, 4.69) is 15.2 Å². The molecule has 0 saturated carbocycles. The van der Waals surface area contributed by atoms with E-state index in [4.69, 9.17) is 4.42 Å². The Bertz CT molecular complexity index is 987. The molecular weight excluding hydrogens is 380 g/mol. The van der Waals surface area contributed by atoms with Gasteiger partial charge in [-0.05, 0) is 44.0 Å². The summed E-state index contributed by atoms with van der Waals surface area (Å²) in [4.78, 5) is 18.3. The summed E-state index contributed by atoms with van der Waals surface area (Å²) in [6, 6.07) is 4.95. The number of carbonyl (C=O) groups excluding carboxylic acids is 1. The Hall–Kier alpha value is -2.23.